The molecule has 0 aromatic heterocycles. The van der Waals surface area contributed by atoms with Gasteiger partial charge in [-0.15, -0.1) is 0 Å². The molecule has 0 aromatic carbocycles. The lowest BCUT2D eigenvalue weighted by Crippen LogP contribution is -2.30. The molecule has 0 aliphatic heterocycles. The van der Waals surface area contributed by atoms with E-state index in [1.165, 1.54) is 17.9 Å². The molecule has 4 heteroatoms. The fourth-order valence-electron chi connectivity index (χ4n) is 1.43. The van der Waals surface area contributed by atoms with Crippen LogP contribution < -0.4 is 5.32 Å². The van der Waals surface area contributed by atoms with Gasteiger partial charge in [-0.2, -0.15) is 11.8 Å². The molecule has 16 heavy (non-hydrogen) atoms. The predicted molar refractivity (Wildman–Crippen MR) is 74.5 cm³/mol. The Morgan fingerprint density at radius 3 is 2.69 bits per heavy atom. The second-order valence-corrected chi connectivity index (χ2v) is 5.34. The maximum Gasteiger partial charge on any atom is 0.0474 e. The molecule has 1 N–H and O–H groups in total. The van der Waals surface area contributed by atoms with E-state index in [2.05, 4.69) is 24.2 Å². The number of likely N-dealkylation sites (N-methyl/N-ethyl adjacent to an activating group) is 1. The first-order chi connectivity index (χ1) is 7.81. The number of nitrogens with one attached hydrogen (secondary N) is 1. The maximum atomic E-state index is 5.03. The van der Waals surface area contributed by atoms with Gasteiger partial charge in [-0.3, -0.25) is 0 Å². The van der Waals surface area contributed by atoms with E-state index in [4.69, 9.17) is 4.74 Å². The third-order valence-electron chi connectivity index (χ3n) is 2.40. The first kappa shape index (κ1) is 16.2. The molecular formula is C12H28N2OS. The molecule has 0 bridgehead atoms. The van der Waals surface area contributed by atoms with Gasteiger partial charge in [0.25, 0.3) is 0 Å². The van der Waals surface area contributed by atoms with Crippen molar-refractivity contribution in [3.05, 3.63) is 0 Å². The fraction of sp³-hybridized carbons (Fsp3) is 1.00. The van der Waals surface area contributed by atoms with Crippen molar-refractivity contribution in [2.24, 2.45) is 0 Å². The van der Waals surface area contributed by atoms with Gasteiger partial charge in [0.1, 0.15) is 0 Å². The van der Waals surface area contributed by atoms with Crippen LogP contribution in [0.3, 0.4) is 0 Å². The monoisotopic (exact) mass is 248 g/mol. The highest BCUT2D eigenvalue weighted by atomic mass is 32.2. The molecule has 0 saturated carbocycles. The Hall–Kier alpha value is 0.230. The van der Waals surface area contributed by atoms with Gasteiger partial charge in [-0.25, -0.2) is 0 Å². The maximum absolute atomic E-state index is 5.03. The molecule has 0 saturated heterocycles. The van der Waals surface area contributed by atoms with E-state index in [1.54, 1.807) is 7.11 Å². The van der Waals surface area contributed by atoms with Gasteiger partial charge in [0.15, 0.2) is 0 Å². The number of nitrogens with zero attached hydrogens (tertiary/aromatic N) is 1. The van der Waals surface area contributed by atoms with Crippen LogP contribution in [-0.2, 0) is 4.74 Å². The Bertz CT molecular complexity index is 136. The van der Waals surface area contributed by atoms with Crippen LogP contribution in [0.2, 0.25) is 0 Å². The summed E-state index contributed by atoms with van der Waals surface area (Å²) in [5.41, 5.74) is 0. The van der Waals surface area contributed by atoms with Crippen molar-refractivity contribution in [3.8, 4) is 0 Å². The zero-order valence-electron chi connectivity index (χ0n) is 11.1. The van der Waals surface area contributed by atoms with Crippen molar-refractivity contribution in [2.75, 3.05) is 58.4 Å². The average molecular weight is 248 g/mol. The van der Waals surface area contributed by atoms with Gasteiger partial charge in [-0.1, -0.05) is 6.92 Å². The Balaban J connectivity index is 3.06. The summed E-state index contributed by atoms with van der Waals surface area (Å²) >= 11 is 2.02. The molecule has 0 radical (unpaired) electrons. The van der Waals surface area contributed by atoms with E-state index < -0.39 is 0 Å². The second-order valence-electron chi connectivity index (χ2n) is 3.95. The first-order valence-electron chi connectivity index (χ1n) is 6.27. The Labute approximate surface area is 105 Å². The summed E-state index contributed by atoms with van der Waals surface area (Å²) in [5.74, 6) is 2.52. The van der Waals surface area contributed by atoms with Crippen LogP contribution in [0.4, 0.5) is 0 Å². The van der Waals surface area contributed by atoms with Gasteiger partial charge in [-0.05, 0) is 37.9 Å². The fourth-order valence-corrected chi connectivity index (χ4v) is 2.07. The molecule has 0 atom stereocenters. The third kappa shape index (κ3) is 12.3. The molecule has 0 fully saturated rings. The molecule has 0 aliphatic rings. The molecular weight excluding hydrogens is 220 g/mol. The molecule has 0 unspecified atom stereocenters. The van der Waals surface area contributed by atoms with E-state index in [9.17, 15) is 0 Å². The number of ether oxygens (including phenoxy) is 1. The molecule has 0 amide bonds. The highest BCUT2D eigenvalue weighted by molar-refractivity contribution is 7.99. The first-order valence-corrected chi connectivity index (χ1v) is 7.42. The average Bonchev–Trinajstić information content (AvgIpc) is 2.28. The van der Waals surface area contributed by atoms with Crippen LogP contribution in [0.5, 0.6) is 0 Å². The van der Waals surface area contributed by atoms with E-state index >= 15 is 0 Å². The number of thioether (sulfide) groups is 1. The lowest BCUT2D eigenvalue weighted by molar-refractivity contribution is 0.179. The minimum atomic E-state index is 0.867. The van der Waals surface area contributed by atoms with Crippen LogP contribution >= 0.6 is 11.8 Å². The molecule has 0 aromatic rings. The molecule has 0 heterocycles. The van der Waals surface area contributed by atoms with Crippen molar-refractivity contribution in [2.45, 2.75) is 19.8 Å². The minimum Gasteiger partial charge on any atom is -0.385 e. The molecule has 0 aliphatic carbocycles. The normalized spacial score (nSPS) is 11.2. The van der Waals surface area contributed by atoms with Gasteiger partial charge in [0.05, 0.1) is 0 Å². The van der Waals surface area contributed by atoms with Crippen molar-refractivity contribution in [3.63, 3.8) is 0 Å². The van der Waals surface area contributed by atoms with Crippen molar-refractivity contribution in [1.82, 2.24) is 10.2 Å². The van der Waals surface area contributed by atoms with E-state index in [0.29, 0.717) is 0 Å². The minimum absolute atomic E-state index is 0.867. The number of hydrogen-bond acceptors (Lipinski definition) is 4. The Morgan fingerprint density at radius 2 is 2.00 bits per heavy atom. The Morgan fingerprint density at radius 1 is 1.19 bits per heavy atom. The summed E-state index contributed by atoms with van der Waals surface area (Å²) in [7, 11) is 3.93. The SMILES string of the molecule is CCSCCCNCCN(C)CCCOC. The lowest BCUT2D eigenvalue weighted by atomic mass is 10.4. The van der Waals surface area contributed by atoms with E-state index in [1.807, 2.05) is 11.8 Å². The summed E-state index contributed by atoms with van der Waals surface area (Å²) in [6.07, 6.45) is 2.41. The summed E-state index contributed by atoms with van der Waals surface area (Å²) in [5, 5.41) is 3.48. The highest BCUT2D eigenvalue weighted by Crippen LogP contribution is 1.99. The van der Waals surface area contributed by atoms with Crippen LogP contribution in [0, 0.1) is 0 Å². The summed E-state index contributed by atoms with van der Waals surface area (Å²) in [4.78, 5) is 2.35. The van der Waals surface area contributed by atoms with Crippen LogP contribution in [0.1, 0.15) is 19.8 Å². The summed E-state index contributed by atoms with van der Waals surface area (Å²) in [6.45, 7) is 7.59. The van der Waals surface area contributed by atoms with E-state index in [0.717, 1.165) is 39.2 Å². The summed E-state index contributed by atoms with van der Waals surface area (Å²) < 4.78 is 5.03. The molecule has 0 rings (SSSR count). The van der Waals surface area contributed by atoms with Crippen LogP contribution in [0.25, 0.3) is 0 Å². The number of methoxy groups -OCH3 is 1. The van der Waals surface area contributed by atoms with Gasteiger partial charge in [0.2, 0.25) is 0 Å². The third-order valence-corrected chi connectivity index (χ3v) is 3.39. The van der Waals surface area contributed by atoms with Gasteiger partial charge < -0.3 is 15.0 Å². The standard InChI is InChI=1S/C12H28N2OS/c1-4-16-12-5-7-13-8-10-14(2)9-6-11-15-3/h13H,4-12H2,1-3H3. The van der Waals surface area contributed by atoms with Crippen molar-refractivity contribution >= 4 is 11.8 Å². The summed E-state index contributed by atoms with van der Waals surface area (Å²) in [6, 6.07) is 0. The predicted octanol–water partition coefficient (Wildman–Crippen LogP) is 1.69. The van der Waals surface area contributed by atoms with Crippen LogP contribution in [-0.4, -0.2) is 63.3 Å². The topological polar surface area (TPSA) is 24.5 Å². The van der Waals surface area contributed by atoms with Crippen molar-refractivity contribution < 1.29 is 4.74 Å². The zero-order chi connectivity index (χ0) is 12.1. The van der Waals surface area contributed by atoms with Crippen LogP contribution in [0.15, 0.2) is 0 Å². The number of rotatable bonds is 12. The quantitative estimate of drug-likeness (QED) is 0.531. The Kier molecular flexibility index (Phi) is 13.5. The van der Waals surface area contributed by atoms with E-state index in [-0.39, 0.29) is 0 Å². The highest BCUT2D eigenvalue weighted by Gasteiger charge is 1.97. The largest absolute Gasteiger partial charge is 0.385 e. The van der Waals surface area contributed by atoms with Gasteiger partial charge in [0, 0.05) is 33.4 Å². The van der Waals surface area contributed by atoms with Gasteiger partial charge >= 0.3 is 0 Å². The zero-order valence-corrected chi connectivity index (χ0v) is 11.9. The van der Waals surface area contributed by atoms with Crippen molar-refractivity contribution in [1.29, 1.82) is 0 Å². The molecule has 0 spiro atoms. The lowest BCUT2D eigenvalue weighted by Gasteiger charge is -2.16. The second kappa shape index (κ2) is 13.3. The molecule has 98 valence electrons. The molecule has 3 nitrogen and oxygen atoms in total. The smallest absolute Gasteiger partial charge is 0.0474 e. The number of hydrogen-bond donors (Lipinski definition) is 1.